The summed E-state index contributed by atoms with van der Waals surface area (Å²) < 4.78 is 21.6. The van der Waals surface area contributed by atoms with Gasteiger partial charge in [0.2, 0.25) is 11.8 Å². The van der Waals surface area contributed by atoms with Gasteiger partial charge in [-0.1, -0.05) is 25.4 Å². The molecular formula is C26H28Cl3FN4O3S. The first kappa shape index (κ1) is 29.0. The predicted octanol–water partition coefficient (Wildman–Crippen LogP) is 5.34. The lowest BCUT2D eigenvalue weighted by Gasteiger charge is -2.20. The number of carbonyl (C=O) groups is 2. The van der Waals surface area contributed by atoms with E-state index >= 15 is 0 Å². The van der Waals surface area contributed by atoms with Crippen LogP contribution in [0.4, 0.5) is 4.39 Å². The van der Waals surface area contributed by atoms with Gasteiger partial charge in [-0.05, 0) is 43.1 Å². The van der Waals surface area contributed by atoms with Crippen LogP contribution in [0.25, 0.3) is 21.5 Å². The first-order valence-electron chi connectivity index (χ1n) is 11.9. The minimum Gasteiger partial charge on any atom is -0.485 e. The summed E-state index contributed by atoms with van der Waals surface area (Å²) in [6, 6.07) is 5.46. The Bertz CT molecular complexity index is 1410. The maximum absolute atomic E-state index is 14.6. The number of piperidine rings is 1. The van der Waals surface area contributed by atoms with Gasteiger partial charge in [0.05, 0.1) is 34.3 Å². The van der Waals surface area contributed by atoms with Gasteiger partial charge in [0.1, 0.15) is 18.2 Å². The number of ether oxygens (including phenoxy) is 1. The molecule has 2 unspecified atom stereocenters. The van der Waals surface area contributed by atoms with Crippen LogP contribution in [-0.2, 0) is 16.1 Å². The highest BCUT2D eigenvalue weighted by Crippen LogP contribution is 2.63. The van der Waals surface area contributed by atoms with Crippen LogP contribution in [0.5, 0.6) is 5.75 Å². The van der Waals surface area contributed by atoms with Crippen molar-refractivity contribution in [1.82, 2.24) is 19.8 Å². The smallest absolute Gasteiger partial charge is 0.234 e. The molecule has 4 heterocycles. The first-order chi connectivity index (χ1) is 17.1. The van der Waals surface area contributed by atoms with E-state index in [2.05, 4.69) is 9.97 Å². The molecule has 0 radical (unpaired) electrons. The first-order valence-corrected chi connectivity index (χ1v) is 13.1. The number of likely N-dealkylation sites (tertiary alicyclic amines) is 2. The average Bonchev–Trinajstić information content (AvgIpc) is 3.10. The van der Waals surface area contributed by atoms with Crippen molar-refractivity contribution < 1.29 is 18.7 Å². The minimum absolute atomic E-state index is 0. The lowest BCUT2D eigenvalue weighted by atomic mass is 10.1. The van der Waals surface area contributed by atoms with Crippen molar-refractivity contribution in [1.29, 1.82) is 0 Å². The fourth-order valence-electron chi connectivity index (χ4n) is 5.73. The zero-order chi connectivity index (χ0) is 25.5. The summed E-state index contributed by atoms with van der Waals surface area (Å²) in [6.45, 7) is 6.85. The van der Waals surface area contributed by atoms with E-state index in [1.807, 2.05) is 38.8 Å². The average molecular weight is 602 g/mol. The third kappa shape index (κ3) is 4.56. The van der Waals surface area contributed by atoms with E-state index in [0.717, 1.165) is 15.1 Å². The number of amides is 2. The van der Waals surface area contributed by atoms with Crippen LogP contribution in [0.1, 0.15) is 24.3 Å². The van der Waals surface area contributed by atoms with Crippen LogP contribution in [0.3, 0.4) is 0 Å². The monoisotopic (exact) mass is 600 g/mol. The Kier molecular flexibility index (Phi) is 7.75. The number of halogens is 4. The van der Waals surface area contributed by atoms with Crippen molar-refractivity contribution >= 4 is 69.8 Å². The molecule has 2 amide bonds. The van der Waals surface area contributed by atoms with E-state index in [0.29, 0.717) is 40.6 Å². The summed E-state index contributed by atoms with van der Waals surface area (Å²) in [5, 5.41) is 0.522. The van der Waals surface area contributed by atoms with Crippen LogP contribution < -0.4 is 4.74 Å². The molecule has 3 fully saturated rings. The second-order valence-corrected chi connectivity index (χ2v) is 12.3. The van der Waals surface area contributed by atoms with E-state index in [1.165, 1.54) is 22.6 Å². The maximum atomic E-state index is 14.6. The van der Waals surface area contributed by atoms with Crippen molar-refractivity contribution in [3.63, 3.8) is 0 Å². The molecule has 38 heavy (non-hydrogen) atoms. The van der Waals surface area contributed by atoms with Gasteiger partial charge in [0.25, 0.3) is 0 Å². The van der Waals surface area contributed by atoms with Crippen LogP contribution in [0, 0.1) is 24.2 Å². The van der Waals surface area contributed by atoms with Crippen LogP contribution in [-0.4, -0.2) is 64.0 Å². The lowest BCUT2D eigenvalue weighted by molar-refractivity contribution is -0.143. The number of alkyl halides is 1. The second kappa shape index (κ2) is 10.2. The topological polar surface area (TPSA) is 75.6 Å². The number of aromatic nitrogens is 2. The largest absolute Gasteiger partial charge is 0.485 e. The molecular weight excluding hydrogens is 574 g/mol. The maximum Gasteiger partial charge on any atom is 0.234 e. The summed E-state index contributed by atoms with van der Waals surface area (Å²) in [5.41, 5.74) is 2.55. The highest BCUT2D eigenvalue weighted by molar-refractivity contribution is 7.19. The normalized spacial score (nSPS) is 25.8. The SMILES string of the molecule is Cc1cc(Cl)cc(-c2ncnc3cc(CN4C(=O)C5C(C4=O)C5(C)C)sc23)c1O[C@@H]1CN(C)C[C@@H]1F.Cl.Cl. The van der Waals surface area contributed by atoms with Gasteiger partial charge in [-0.25, -0.2) is 14.4 Å². The Labute approximate surface area is 241 Å². The van der Waals surface area contributed by atoms with Crippen molar-refractivity contribution in [3.8, 4) is 17.0 Å². The Hall–Kier alpha value is -2.04. The molecule has 4 atom stereocenters. The zero-order valence-electron chi connectivity index (χ0n) is 21.2. The molecule has 3 aliphatic rings. The molecule has 7 nitrogen and oxygen atoms in total. The number of likely N-dealkylation sites (N-methyl/N-ethyl adjacent to an activating group) is 1. The molecule has 6 rings (SSSR count). The fraction of sp³-hybridized carbons (Fsp3) is 0.462. The van der Waals surface area contributed by atoms with Crippen LogP contribution in [0.15, 0.2) is 24.5 Å². The number of fused-ring (bicyclic) bond motifs is 2. The third-order valence-electron chi connectivity index (χ3n) is 7.71. The molecule has 12 heteroatoms. The van der Waals surface area contributed by atoms with E-state index in [1.54, 1.807) is 12.1 Å². The number of hydrogen-bond donors (Lipinski definition) is 0. The van der Waals surface area contributed by atoms with E-state index < -0.39 is 12.3 Å². The van der Waals surface area contributed by atoms with E-state index in [4.69, 9.17) is 16.3 Å². The van der Waals surface area contributed by atoms with E-state index in [9.17, 15) is 14.0 Å². The molecule has 2 aromatic heterocycles. The predicted molar refractivity (Wildman–Crippen MR) is 150 cm³/mol. The minimum atomic E-state index is -1.09. The van der Waals surface area contributed by atoms with Crippen molar-refractivity contribution in [2.75, 3.05) is 20.1 Å². The quantitative estimate of drug-likeness (QED) is 0.368. The van der Waals surface area contributed by atoms with Gasteiger partial charge in [-0.2, -0.15) is 0 Å². The third-order valence-corrected chi connectivity index (χ3v) is 9.05. The second-order valence-electron chi connectivity index (χ2n) is 10.7. The lowest BCUT2D eigenvalue weighted by Crippen LogP contribution is -2.35. The van der Waals surface area contributed by atoms with Gasteiger partial charge >= 0.3 is 0 Å². The highest BCUT2D eigenvalue weighted by atomic mass is 35.5. The molecule has 2 saturated heterocycles. The number of rotatable bonds is 5. The number of imide groups is 1. The van der Waals surface area contributed by atoms with Crippen molar-refractivity contribution in [3.05, 3.63) is 40.0 Å². The van der Waals surface area contributed by atoms with Gasteiger partial charge in [0.15, 0.2) is 6.17 Å². The number of hydrogen-bond acceptors (Lipinski definition) is 7. The summed E-state index contributed by atoms with van der Waals surface area (Å²) in [4.78, 5) is 38.7. The molecule has 0 bridgehead atoms. The highest BCUT2D eigenvalue weighted by Gasteiger charge is 2.72. The standard InChI is InChI=1S/C26H26ClFN4O3S.2ClH/c1-12-5-13(27)6-15(22(12)35-18-10-31(4)9-16(18)28)21-23-17(29-11-30-21)7-14(36-23)8-32-24(33)19-20(25(32)34)26(19,2)3;;/h5-7,11,16,18-20H,8-10H2,1-4H3;2*1H/t16-,18+,19?,20?;;/m0../s1. The summed E-state index contributed by atoms with van der Waals surface area (Å²) >= 11 is 7.86. The molecule has 1 saturated carbocycles. The van der Waals surface area contributed by atoms with Crippen LogP contribution in [0.2, 0.25) is 5.02 Å². The van der Waals surface area contributed by atoms with Gasteiger partial charge in [-0.3, -0.25) is 19.4 Å². The molecule has 1 aliphatic carbocycles. The van der Waals surface area contributed by atoms with Gasteiger partial charge in [0, 0.05) is 28.6 Å². The van der Waals surface area contributed by atoms with Crippen molar-refractivity contribution in [2.45, 2.75) is 39.6 Å². The fourth-order valence-corrected chi connectivity index (χ4v) is 7.10. The number of carbonyl (C=O) groups excluding carboxylic acids is 2. The Balaban J connectivity index is 0.00000168. The zero-order valence-corrected chi connectivity index (χ0v) is 24.4. The number of nitrogens with zero attached hydrogens (tertiary/aromatic N) is 4. The van der Waals surface area contributed by atoms with Crippen LogP contribution >= 0.6 is 47.8 Å². The molecule has 2 aliphatic heterocycles. The number of benzene rings is 1. The summed E-state index contributed by atoms with van der Waals surface area (Å²) in [6.07, 6.45) is -0.213. The van der Waals surface area contributed by atoms with Crippen molar-refractivity contribution in [2.24, 2.45) is 17.3 Å². The summed E-state index contributed by atoms with van der Waals surface area (Å²) in [7, 11) is 1.87. The van der Waals surface area contributed by atoms with E-state index in [-0.39, 0.29) is 60.4 Å². The number of aryl methyl sites for hydroxylation is 1. The summed E-state index contributed by atoms with van der Waals surface area (Å²) in [5.74, 6) is -0.0651. The molecule has 3 aromatic rings. The molecule has 204 valence electrons. The molecule has 0 spiro atoms. The Morgan fingerprint density at radius 3 is 2.45 bits per heavy atom. The van der Waals surface area contributed by atoms with Gasteiger partial charge in [-0.15, -0.1) is 36.2 Å². The Morgan fingerprint density at radius 1 is 1.13 bits per heavy atom. The Morgan fingerprint density at radius 2 is 1.82 bits per heavy atom. The number of thiophene rings is 1. The molecule has 0 N–H and O–H groups in total. The van der Waals surface area contributed by atoms with Gasteiger partial charge < -0.3 is 4.74 Å². The molecule has 1 aromatic carbocycles.